The smallest absolute Gasteiger partial charge is 0.199 e. The average molecular weight is 338 g/mol. The lowest BCUT2D eigenvalue weighted by molar-refractivity contribution is 0.596. The molecule has 1 heterocycles. The van der Waals surface area contributed by atoms with Crippen molar-refractivity contribution in [3.63, 3.8) is 0 Å². The summed E-state index contributed by atoms with van der Waals surface area (Å²) in [6, 6.07) is 12.7. The highest BCUT2D eigenvalue weighted by molar-refractivity contribution is 8.01. The molecular weight excluding hydrogens is 326 g/mol. The first-order valence-corrected chi connectivity index (χ1v) is 9.10. The number of halogens is 1. The molecule has 2 aromatic rings. The van der Waals surface area contributed by atoms with Crippen LogP contribution in [0.3, 0.4) is 0 Å². The van der Waals surface area contributed by atoms with Crippen molar-refractivity contribution in [1.82, 2.24) is 0 Å². The fourth-order valence-corrected chi connectivity index (χ4v) is 5.01. The molecule has 0 aromatic heterocycles. The van der Waals surface area contributed by atoms with Crippen LogP contribution in [0, 0.1) is 6.92 Å². The molecule has 108 valence electrons. The van der Waals surface area contributed by atoms with Crippen LogP contribution in [0.1, 0.15) is 11.1 Å². The van der Waals surface area contributed by atoms with Gasteiger partial charge in [0.15, 0.2) is 0 Å². The fourth-order valence-electron chi connectivity index (χ4n) is 2.08. The summed E-state index contributed by atoms with van der Waals surface area (Å²) in [6.07, 6.45) is 0. The maximum atomic E-state index is 12.5. The molecule has 21 heavy (non-hydrogen) atoms. The Morgan fingerprint density at radius 3 is 2.62 bits per heavy atom. The summed E-state index contributed by atoms with van der Waals surface area (Å²) in [5.74, 6) is 0.496. The quantitative estimate of drug-likeness (QED) is 0.792. The first kappa shape index (κ1) is 14.6. The van der Waals surface area contributed by atoms with E-state index in [0.29, 0.717) is 21.4 Å². The summed E-state index contributed by atoms with van der Waals surface area (Å²) in [5, 5.41) is 0.569. The molecule has 3 rings (SSSR count). The third-order valence-electron chi connectivity index (χ3n) is 3.20. The van der Waals surface area contributed by atoms with Crippen LogP contribution in [0.4, 0.5) is 0 Å². The maximum absolute atomic E-state index is 12.5. The Morgan fingerprint density at radius 2 is 1.90 bits per heavy atom. The molecule has 0 saturated carbocycles. The van der Waals surface area contributed by atoms with Gasteiger partial charge < -0.3 is 0 Å². The Hall–Kier alpha value is -1.30. The third kappa shape index (κ3) is 2.86. The minimum absolute atomic E-state index is 0.236. The third-order valence-corrected chi connectivity index (χ3v) is 6.16. The van der Waals surface area contributed by atoms with Gasteiger partial charge in [0.1, 0.15) is 4.90 Å². The topological polar surface area (TPSA) is 46.5 Å². The highest BCUT2D eigenvalue weighted by atomic mass is 35.5. The van der Waals surface area contributed by atoms with E-state index in [1.165, 1.54) is 11.8 Å². The Labute approximate surface area is 133 Å². The Morgan fingerprint density at radius 1 is 1.19 bits per heavy atom. The van der Waals surface area contributed by atoms with Crippen LogP contribution < -0.4 is 0 Å². The van der Waals surface area contributed by atoms with E-state index in [4.69, 9.17) is 11.6 Å². The van der Waals surface area contributed by atoms with Gasteiger partial charge in [-0.05, 0) is 30.2 Å². The SMILES string of the molecule is Cc1cc2c(cc1Cl)SCC(c1ccccc1)=NS2(=O)=O. The second-order valence-corrected chi connectivity index (χ2v) is 7.71. The van der Waals surface area contributed by atoms with Crippen molar-refractivity contribution in [3.05, 3.63) is 58.6 Å². The van der Waals surface area contributed by atoms with Gasteiger partial charge in [0.05, 0.1) is 5.71 Å². The molecule has 0 saturated heterocycles. The predicted molar refractivity (Wildman–Crippen MR) is 87.1 cm³/mol. The number of rotatable bonds is 1. The van der Waals surface area contributed by atoms with Crippen molar-refractivity contribution in [2.24, 2.45) is 4.40 Å². The van der Waals surface area contributed by atoms with E-state index in [1.807, 2.05) is 30.3 Å². The molecule has 0 bridgehead atoms. The summed E-state index contributed by atoms with van der Waals surface area (Å²) in [4.78, 5) is 0.889. The summed E-state index contributed by atoms with van der Waals surface area (Å²) in [6.45, 7) is 1.79. The summed E-state index contributed by atoms with van der Waals surface area (Å²) < 4.78 is 29.0. The van der Waals surface area contributed by atoms with Gasteiger partial charge in [0, 0.05) is 15.7 Å². The van der Waals surface area contributed by atoms with E-state index in [1.54, 1.807) is 19.1 Å². The van der Waals surface area contributed by atoms with Crippen molar-refractivity contribution in [3.8, 4) is 0 Å². The van der Waals surface area contributed by atoms with Crippen molar-refractivity contribution in [2.45, 2.75) is 16.7 Å². The van der Waals surface area contributed by atoms with E-state index in [2.05, 4.69) is 4.40 Å². The second kappa shape index (κ2) is 5.48. The monoisotopic (exact) mass is 337 g/mol. The lowest BCUT2D eigenvalue weighted by Gasteiger charge is -2.06. The van der Waals surface area contributed by atoms with Gasteiger partial charge in [0.25, 0.3) is 10.0 Å². The Kier molecular flexibility index (Phi) is 3.82. The Bertz CT molecular complexity index is 830. The number of hydrogen-bond acceptors (Lipinski definition) is 3. The minimum Gasteiger partial charge on any atom is -0.199 e. The van der Waals surface area contributed by atoms with Crippen LogP contribution in [0.5, 0.6) is 0 Å². The largest absolute Gasteiger partial charge is 0.283 e. The van der Waals surface area contributed by atoms with Gasteiger partial charge in [-0.1, -0.05) is 41.9 Å². The zero-order valence-corrected chi connectivity index (χ0v) is 13.6. The van der Waals surface area contributed by atoms with Gasteiger partial charge >= 0.3 is 0 Å². The zero-order valence-electron chi connectivity index (χ0n) is 11.2. The molecule has 2 aromatic carbocycles. The van der Waals surface area contributed by atoms with Crippen LogP contribution >= 0.6 is 23.4 Å². The number of aryl methyl sites for hydroxylation is 1. The molecule has 0 radical (unpaired) electrons. The summed E-state index contributed by atoms with van der Waals surface area (Å²) in [7, 11) is -3.71. The first-order valence-electron chi connectivity index (χ1n) is 6.29. The maximum Gasteiger partial charge on any atom is 0.283 e. The van der Waals surface area contributed by atoms with Crippen LogP contribution in [0.25, 0.3) is 0 Å². The standard InChI is InChI=1S/C15H12ClNO2S2/c1-10-7-15-14(8-12(10)16)20-9-13(17-21(15,18)19)11-5-3-2-4-6-11/h2-8H,9H2,1H3. The van der Waals surface area contributed by atoms with Gasteiger partial charge in [-0.15, -0.1) is 11.8 Å². The van der Waals surface area contributed by atoms with E-state index in [-0.39, 0.29) is 4.90 Å². The zero-order chi connectivity index (χ0) is 15.0. The number of benzene rings is 2. The van der Waals surface area contributed by atoms with Crippen LogP contribution in [0.2, 0.25) is 5.02 Å². The summed E-state index contributed by atoms with van der Waals surface area (Å²) >= 11 is 7.54. The molecule has 0 unspecified atom stereocenters. The fraction of sp³-hybridized carbons (Fsp3) is 0.133. The van der Waals surface area contributed by atoms with Crippen molar-refractivity contribution in [2.75, 3.05) is 5.75 Å². The van der Waals surface area contributed by atoms with E-state index in [0.717, 1.165) is 11.1 Å². The van der Waals surface area contributed by atoms with Crippen molar-refractivity contribution < 1.29 is 8.42 Å². The molecule has 1 aliphatic rings. The number of thioether (sulfide) groups is 1. The number of nitrogens with zero attached hydrogens (tertiary/aromatic N) is 1. The van der Waals surface area contributed by atoms with Crippen molar-refractivity contribution in [1.29, 1.82) is 0 Å². The average Bonchev–Trinajstić information content (AvgIpc) is 2.58. The number of hydrogen-bond donors (Lipinski definition) is 0. The molecule has 1 aliphatic heterocycles. The van der Waals surface area contributed by atoms with E-state index in [9.17, 15) is 8.42 Å². The number of fused-ring (bicyclic) bond motifs is 1. The highest BCUT2D eigenvalue weighted by Gasteiger charge is 2.24. The Balaban J connectivity index is 2.15. The lowest BCUT2D eigenvalue weighted by atomic mass is 10.1. The second-order valence-electron chi connectivity index (χ2n) is 4.72. The molecule has 0 N–H and O–H groups in total. The normalized spacial score (nSPS) is 16.8. The van der Waals surface area contributed by atoms with Gasteiger partial charge in [-0.2, -0.15) is 12.8 Å². The van der Waals surface area contributed by atoms with Crippen LogP contribution in [-0.4, -0.2) is 19.9 Å². The van der Waals surface area contributed by atoms with Crippen LogP contribution in [0.15, 0.2) is 56.7 Å². The lowest BCUT2D eigenvalue weighted by Crippen LogP contribution is -2.06. The first-order chi connectivity index (χ1) is 9.97. The predicted octanol–water partition coefficient (Wildman–Crippen LogP) is 3.93. The molecule has 0 aliphatic carbocycles. The summed E-state index contributed by atoms with van der Waals surface area (Å²) in [5.41, 5.74) is 2.12. The van der Waals surface area contributed by atoms with Gasteiger partial charge in [-0.25, -0.2) is 0 Å². The minimum atomic E-state index is -3.71. The van der Waals surface area contributed by atoms with E-state index >= 15 is 0 Å². The van der Waals surface area contributed by atoms with Gasteiger partial charge in [0.2, 0.25) is 0 Å². The molecule has 0 spiro atoms. The molecule has 6 heteroatoms. The molecular formula is C15H12ClNO2S2. The molecule has 0 fully saturated rings. The highest BCUT2D eigenvalue weighted by Crippen LogP contribution is 2.35. The van der Waals surface area contributed by atoms with Crippen LogP contribution in [-0.2, 0) is 10.0 Å². The van der Waals surface area contributed by atoms with Crippen molar-refractivity contribution >= 4 is 39.1 Å². The molecule has 0 atom stereocenters. The molecule has 0 amide bonds. The van der Waals surface area contributed by atoms with E-state index < -0.39 is 10.0 Å². The number of sulfonamides is 1. The molecule has 3 nitrogen and oxygen atoms in total. The van der Waals surface area contributed by atoms with Gasteiger partial charge in [-0.3, -0.25) is 0 Å².